The highest BCUT2D eigenvalue weighted by Crippen LogP contribution is 2.23. The van der Waals surface area contributed by atoms with Crippen molar-refractivity contribution in [3.63, 3.8) is 0 Å². The maximum Gasteiger partial charge on any atom is 0.0221 e. The molecule has 0 unspecified atom stereocenters. The van der Waals surface area contributed by atoms with Crippen molar-refractivity contribution in [2.75, 3.05) is 20.1 Å². The summed E-state index contributed by atoms with van der Waals surface area (Å²) < 4.78 is 0. The molecule has 2 saturated heterocycles. The maximum atomic E-state index is 3.44. The van der Waals surface area contributed by atoms with E-state index in [2.05, 4.69) is 17.3 Å². The van der Waals surface area contributed by atoms with Crippen molar-refractivity contribution in [3.05, 3.63) is 0 Å². The van der Waals surface area contributed by atoms with E-state index in [4.69, 9.17) is 0 Å². The third-order valence-corrected chi connectivity index (χ3v) is 2.74. The monoisotopic (exact) mass is 198 g/mol. The van der Waals surface area contributed by atoms with E-state index in [1.54, 1.807) is 0 Å². The molecular formula is C7H16Cl2N2. The molecule has 68 valence electrons. The zero-order chi connectivity index (χ0) is 6.27. The van der Waals surface area contributed by atoms with Crippen molar-refractivity contribution in [2.45, 2.75) is 24.9 Å². The van der Waals surface area contributed by atoms with Crippen LogP contribution in [0.15, 0.2) is 0 Å². The predicted molar refractivity (Wildman–Crippen MR) is 51.9 cm³/mol. The molecule has 2 atom stereocenters. The fourth-order valence-electron chi connectivity index (χ4n) is 2.00. The van der Waals surface area contributed by atoms with Gasteiger partial charge in [0.25, 0.3) is 0 Å². The number of piperazine rings is 1. The third kappa shape index (κ3) is 2.00. The summed E-state index contributed by atoms with van der Waals surface area (Å²) in [5.74, 6) is 0. The Kier molecular flexibility index (Phi) is 4.71. The molecule has 0 amide bonds. The largest absolute Gasteiger partial charge is 0.314 e. The van der Waals surface area contributed by atoms with Crippen LogP contribution in [0, 0.1) is 0 Å². The fraction of sp³-hybridized carbons (Fsp3) is 1.00. The number of likely N-dealkylation sites (N-methyl/N-ethyl adjacent to an activating group) is 1. The van der Waals surface area contributed by atoms with E-state index in [1.807, 2.05) is 0 Å². The number of rotatable bonds is 0. The molecule has 0 saturated carbocycles. The molecule has 2 bridgehead atoms. The molecule has 2 rings (SSSR count). The van der Waals surface area contributed by atoms with Crippen LogP contribution in [0.2, 0.25) is 0 Å². The summed E-state index contributed by atoms with van der Waals surface area (Å²) in [5, 5.41) is 3.44. The highest BCUT2D eigenvalue weighted by atomic mass is 35.5. The molecule has 0 aromatic carbocycles. The van der Waals surface area contributed by atoms with Crippen LogP contribution in [0.25, 0.3) is 0 Å². The lowest BCUT2D eigenvalue weighted by atomic mass is 10.2. The molecular weight excluding hydrogens is 183 g/mol. The van der Waals surface area contributed by atoms with E-state index < -0.39 is 0 Å². The molecule has 0 aromatic rings. The first kappa shape index (κ1) is 11.5. The minimum Gasteiger partial charge on any atom is -0.314 e. The Morgan fingerprint density at radius 2 is 1.55 bits per heavy atom. The van der Waals surface area contributed by atoms with Crippen LogP contribution in [0.1, 0.15) is 12.8 Å². The van der Waals surface area contributed by atoms with Crippen molar-refractivity contribution in [3.8, 4) is 0 Å². The second-order valence-corrected chi connectivity index (χ2v) is 3.21. The van der Waals surface area contributed by atoms with Crippen LogP contribution in [-0.2, 0) is 0 Å². The molecule has 2 fully saturated rings. The highest BCUT2D eigenvalue weighted by Gasteiger charge is 2.32. The Morgan fingerprint density at radius 3 is 1.91 bits per heavy atom. The molecule has 2 heterocycles. The molecule has 0 radical (unpaired) electrons. The summed E-state index contributed by atoms with van der Waals surface area (Å²) in [7, 11) is 2.25. The Morgan fingerprint density at radius 1 is 1.09 bits per heavy atom. The van der Waals surface area contributed by atoms with Gasteiger partial charge in [0.15, 0.2) is 0 Å². The first-order chi connectivity index (χ1) is 4.38. The SMILES string of the molecule is CN1[C@@H]2CC[C@H]1CNC2.Cl.Cl. The number of halogens is 2. The number of hydrogen-bond donors (Lipinski definition) is 1. The highest BCUT2D eigenvalue weighted by molar-refractivity contribution is 5.85. The Labute approximate surface area is 80.5 Å². The maximum absolute atomic E-state index is 3.44. The van der Waals surface area contributed by atoms with Gasteiger partial charge in [0, 0.05) is 25.2 Å². The summed E-state index contributed by atoms with van der Waals surface area (Å²) in [6, 6.07) is 1.70. The van der Waals surface area contributed by atoms with Crippen LogP contribution in [-0.4, -0.2) is 37.1 Å². The quantitative estimate of drug-likeness (QED) is 0.623. The minimum atomic E-state index is 0. The van der Waals surface area contributed by atoms with Gasteiger partial charge in [-0.15, -0.1) is 24.8 Å². The third-order valence-electron chi connectivity index (χ3n) is 2.74. The lowest BCUT2D eigenvalue weighted by molar-refractivity contribution is 0.193. The van der Waals surface area contributed by atoms with Gasteiger partial charge in [-0.1, -0.05) is 0 Å². The van der Waals surface area contributed by atoms with Gasteiger partial charge in [0.1, 0.15) is 0 Å². The fourth-order valence-corrected chi connectivity index (χ4v) is 2.00. The molecule has 11 heavy (non-hydrogen) atoms. The zero-order valence-corrected chi connectivity index (χ0v) is 8.38. The number of hydrogen-bond acceptors (Lipinski definition) is 2. The summed E-state index contributed by atoms with van der Waals surface area (Å²) in [4.78, 5) is 2.52. The zero-order valence-electron chi connectivity index (χ0n) is 6.75. The summed E-state index contributed by atoms with van der Waals surface area (Å²) >= 11 is 0. The van der Waals surface area contributed by atoms with E-state index in [0.29, 0.717) is 0 Å². The van der Waals surface area contributed by atoms with Crippen molar-refractivity contribution in [2.24, 2.45) is 0 Å². The van der Waals surface area contributed by atoms with E-state index in [1.165, 1.54) is 25.9 Å². The van der Waals surface area contributed by atoms with Crippen molar-refractivity contribution >= 4 is 24.8 Å². The van der Waals surface area contributed by atoms with Crippen molar-refractivity contribution < 1.29 is 0 Å². The smallest absolute Gasteiger partial charge is 0.0221 e. The van der Waals surface area contributed by atoms with E-state index in [0.717, 1.165) is 12.1 Å². The van der Waals surface area contributed by atoms with Crippen LogP contribution in [0.5, 0.6) is 0 Å². The Bertz CT molecular complexity index is 105. The molecule has 0 spiro atoms. The van der Waals surface area contributed by atoms with E-state index in [9.17, 15) is 0 Å². The van der Waals surface area contributed by atoms with Gasteiger partial charge in [0.2, 0.25) is 0 Å². The first-order valence-electron chi connectivity index (χ1n) is 3.80. The van der Waals surface area contributed by atoms with Gasteiger partial charge >= 0.3 is 0 Å². The summed E-state index contributed by atoms with van der Waals surface area (Å²) in [5.41, 5.74) is 0. The molecule has 1 N–H and O–H groups in total. The van der Waals surface area contributed by atoms with Crippen LogP contribution in [0.3, 0.4) is 0 Å². The van der Waals surface area contributed by atoms with E-state index in [-0.39, 0.29) is 24.8 Å². The molecule has 4 heteroatoms. The van der Waals surface area contributed by atoms with Gasteiger partial charge < -0.3 is 5.32 Å². The standard InChI is InChI=1S/C7H14N2.2ClH/c1-9-6-2-3-7(9)5-8-4-6;;/h6-8H,2-5H2,1H3;2*1H/t6-,7+;;. The average Bonchev–Trinajstić information content (AvgIpc) is 2.19. The minimum absolute atomic E-state index is 0. The molecule has 2 aliphatic heterocycles. The number of nitrogens with zero attached hydrogens (tertiary/aromatic N) is 1. The number of nitrogens with one attached hydrogen (secondary N) is 1. The Hall–Kier alpha value is 0.500. The summed E-state index contributed by atoms with van der Waals surface area (Å²) in [6.07, 6.45) is 2.82. The van der Waals surface area contributed by atoms with Crippen molar-refractivity contribution in [1.82, 2.24) is 10.2 Å². The van der Waals surface area contributed by atoms with Crippen molar-refractivity contribution in [1.29, 1.82) is 0 Å². The van der Waals surface area contributed by atoms with Crippen LogP contribution >= 0.6 is 24.8 Å². The first-order valence-corrected chi connectivity index (χ1v) is 3.80. The van der Waals surface area contributed by atoms with E-state index >= 15 is 0 Å². The normalized spacial score (nSPS) is 35.7. The second-order valence-electron chi connectivity index (χ2n) is 3.21. The second kappa shape index (κ2) is 4.51. The molecule has 0 aromatic heterocycles. The van der Waals surface area contributed by atoms with Crippen LogP contribution in [0.4, 0.5) is 0 Å². The van der Waals surface area contributed by atoms with Gasteiger partial charge in [-0.3, -0.25) is 4.90 Å². The predicted octanol–water partition coefficient (Wildman–Crippen LogP) is 0.896. The van der Waals surface area contributed by atoms with Gasteiger partial charge in [0.05, 0.1) is 0 Å². The average molecular weight is 199 g/mol. The molecule has 2 aliphatic rings. The molecule has 0 aliphatic carbocycles. The lowest BCUT2D eigenvalue weighted by Crippen LogP contribution is -2.49. The summed E-state index contributed by atoms with van der Waals surface area (Å²) in [6.45, 7) is 2.43. The van der Waals surface area contributed by atoms with Gasteiger partial charge in [-0.25, -0.2) is 0 Å². The van der Waals surface area contributed by atoms with Gasteiger partial charge in [-0.2, -0.15) is 0 Å². The number of fused-ring (bicyclic) bond motifs is 2. The lowest BCUT2D eigenvalue weighted by Gasteiger charge is -2.31. The molecule has 2 nitrogen and oxygen atoms in total. The van der Waals surface area contributed by atoms with Gasteiger partial charge in [-0.05, 0) is 19.9 Å². The topological polar surface area (TPSA) is 15.3 Å². The Balaban J connectivity index is 0.000000500. The van der Waals surface area contributed by atoms with Crippen LogP contribution < -0.4 is 5.32 Å².